The van der Waals surface area contributed by atoms with Crippen molar-refractivity contribution in [2.75, 3.05) is 19.8 Å². The number of ether oxygens (including phenoxy) is 1. The molecule has 2 amide bonds. The van der Waals surface area contributed by atoms with Gasteiger partial charge in [-0.25, -0.2) is 13.6 Å². The molecule has 1 aliphatic carbocycles. The van der Waals surface area contributed by atoms with Crippen LogP contribution in [0.1, 0.15) is 26.7 Å². The van der Waals surface area contributed by atoms with Gasteiger partial charge in [0.05, 0.1) is 12.5 Å². The van der Waals surface area contributed by atoms with Crippen molar-refractivity contribution in [2.24, 2.45) is 23.2 Å². The van der Waals surface area contributed by atoms with E-state index in [4.69, 9.17) is 4.74 Å². The number of hydrogen-bond acceptors (Lipinski definition) is 4. The van der Waals surface area contributed by atoms with Crippen molar-refractivity contribution in [3.8, 4) is 0 Å². The zero-order valence-corrected chi connectivity index (χ0v) is 14.8. The first-order valence-electron chi connectivity index (χ1n) is 8.84. The first-order chi connectivity index (χ1) is 12.1. The third kappa shape index (κ3) is 3.28. The van der Waals surface area contributed by atoms with Gasteiger partial charge in [0.1, 0.15) is 12.1 Å². The molecule has 7 nitrogen and oxygen atoms in total. The molecule has 3 fully saturated rings. The summed E-state index contributed by atoms with van der Waals surface area (Å²) in [6.07, 6.45) is -3.15. The Kier molecular flexibility index (Phi) is 4.94. The van der Waals surface area contributed by atoms with E-state index < -0.39 is 48.6 Å². The molecule has 2 saturated heterocycles. The third-order valence-corrected chi connectivity index (χ3v) is 6.07. The Bertz CT molecular complexity index is 606. The summed E-state index contributed by atoms with van der Waals surface area (Å²) in [4.78, 5) is 37.9. The number of piperidine rings is 1. The highest BCUT2D eigenvalue weighted by atomic mass is 19.3. The van der Waals surface area contributed by atoms with Crippen molar-refractivity contribution in [1.82, 2.24) is 10.2 Å². The molecule has 1 unspecified atom stereocenters. The molecule has 2 heterocycles. The maximum absolute atomic E-state index is 13.0. The summed E-state index contributed by atoms with van der Waals surface area (Å²) in [7, 11) is 0. The van der Waals surface area contributed by atoms with Crippen LogP contribution in [-0.4, -0.2) is 66.1 Å². The van der Waals surface area contributed by atoms with Crippen LogP contribution in [-0.2, 0) is 19.1 Å². The molecule has 0 spiro atoms. The summed E-state index contributed by atoms with van der Waals surface area (Å²) in [5.74, 6) is -2.99. The predicted molar refractivity (Wildman–Crippen MR) is 85.4 cm³/mol. The highest BCUT2D eigenvalue weighted by Crippen LogP contribution is 2.64. The average molecular weight is 374 g/mol. The normalized spacial score (nSPS) is 33.0. The quantitative estimate of drug-likeness (QED) is 0.715. The van der Waals surface area contributed by atoms with Crippen LogP contribution in [0.25, 0.3) is 0 Å². The molecule has 2 N–H and O–H groups in total. The van der Waals surface area contributed by atoms with Gasteiger partial charge in [-0.15, -0.1) is 0 Å². The van der Waals surface area contributed by atoms with Gasteiger partial charge in [0, 0.05) is 25.5 Å². The van der Waals surface area contributed by atoms with Crippen LogP contribution in [0.2, 0.25) is 0 Å². The Morgan fingerprint density at radius 2 is 2.04 bits per heavy atom. The molecule has 5 atom stereocenters. The number of aliphatic carboxylic acids is 1. The Labute approximate surface area is 150 Å². The van der Waals surface area contributed by atoms with E-state index in [-0.39, 0.29) is 30.4 Å². The van der Waals surface area contributed by atoms with Gasteiger partial charge in [0.25, 0.3) is 0 Å². The first-order valence-corrected chi connectivity index (χ1v) is 8.84. The minimum atomic E-state index is -2.79. The van der Waals surface area contributed by atoms with Gasteiger partial charge in [0.2, 0.25) is 18.2 Å². The smallest absolute Gasteiger partial charge is 0.326 e. The number of fused-ring (bicyclic) bond motifs is 1. The Hall–Kier alpha value is -1.77. The van der Waals surface area contributed by atoms with Crippen molar-refractivity contribution < 1.29 is 33.0 Å². The van der Waals surface area contributed by atoms with E-state index in [1.54, 1.807) is 0 Å². The second-order valence-electron chi connectivity index (χ2n) is 7.98. The highest BCUT2D eigenvalue weighted by Gasteiger charge is 2.69. The number of nitrogens with one attached hydrogen (secondary N) is 1. The summed E-state index contributed by atoms with van der Waals surface area (Å²) >= 11 is 0. The molecule has 2 aliphatic heterocycles. The standard InChI is InChI=1S/C17H24F2N2O5/c1-17(2)9-6-21(13(12(9)17)16(24)25)15(23)10(5-11(18)19)20-14(22)8-3-4-26-7-8/h8-13H,3-7H2,1-2H3,(H,20,22)(H,24,25)/t8-,9-,10?,12-,13-/m0/s1. The number of amides is 2. The highest BCUT2D eigenvalue weighted by molar-refractivity contribution is 5.92. The predicted octanol–water partition coefficient (Wildman–Crippen LogP) is 0.731. The second-order valence-corrected chi connectivity index (χ2v) is 7.98. The number of carbonyl (C=O) groups is 3. The molecule has 0 aromatic rings. The number of likely N-dealkylation sites (tertiary alicyclic amines) is 1. The third-order valence-electron chi connectivity index (χ3n) is 6.07. The summed E-state index contributed by atoms with van der Waals surface area (Å²) in [6, 6.07) is -2.46. The van der Waals surface area contributed by atoms with Gasteiger partial charge >= 0.3 is 5.97 Å². The Morgan fingerprint density at radius 3 is 2.58 bits per heavy atom. The van der Waals surface area contributed by atoms with Crippen LogP contribution in [0.4, 0.5) is 8.78 Å². The van der Waals surface area contributed by atoms with Gasteiger partial charge in [0.15, 0.2) is 0 Å². The monoisotopic (exact) mass is 374 g/mol. The minimum absolute atomic E-state index is 0.0404. The maximum atomic E-state index is 13.0. The van der Waals surface area contributed by atoms with Gasteiger partial charge in [-0.3, -0.25) is 9.59 Å². The van der Waals surface area contributed by atoms with E-state index in [2.05, 4.69) is 5.32 Å². The molecular formula is C17H24F2N2O5. The molecule has 3 rings (SSSR count). The molecule has 3 aliphatic rings. The fourth-order valence-corrected chi connectivity index (χ4v) is 4.43. The van der Waals surface area contributed by atoms with Crippen molar-refractivity contribution in [3.63, 3.8) is 0 Å². The summed E-state index contributed by atoms with van der Waals surface area (Å²) in [5.41, 5.74) is -0.178. The van der Waals surface area contributed by atoms with Gasteiger partial charge in [-0.1, -0.05) is 13.8 Å². The second kappa shape index (κ2) is 6.75. The number of alkyl halides is 2. The number of carbonyl (C=O) groups excluding carboxylic acids is 2. The minimum Gasteiger partial charge on any atom is -0.480 e. The topological polar surface area (TPSA) is 95.9 Å². The molecule has 0 aromatic carbocycles. The summed E-state index contributed by atoms with van der Waals surface area (Å²) < 4.78 is 31.0. The zero-order chi connectivity index (χ0) is 19.2. The van der Waals surface area contributed by atoms with E-state index >= 15 is 0 Å². The summed E-state index contributed by atoms with van der Waals surface area (Å²) in [5, 5.41) is 11.9. The van der Waals surface area contributed by atoms with Crippen molar-refractivity contribution in [2.45, 2.75) is 45.2 Å². The Morgan fingerprint density at radius 1 is 1.35 bits per heavy atom. The lowest BCUT2D eigenvalue weighted by atomic mass is 10.00. The molecule has 26 heavy (non-hydrogen) atoms. The van der Waals surface area contributed by atoms with Crippen LogP contribution in [0.5, 0.6) is 0 Å². The van der Waals surface area contributed by atoms with E-state index in [1.807, 2.05) is 13.8 Å². The summed E-state index contributed by atoms with van der Waals surface area (Å²) in [6.45, 7) is 4.71. The molecule has 0 aromatic heterocycles. The largest absolute Gasteiger partial charge is 0.480 e. The van der Waals surface area contributed by atoms with Crippen LogP contribution < -0.4 is 5.32 Å². The van der Waals surface area contributed by atoms with E-state index in [1.165, 1.54) is 0 Å². The zero-order valence-electron chi connectivity index (χ0n) is 14.8. The molecule has 9 heteroatoms. The number of carboxylic acid groups (broad SMARTS) is 1. The van der Waals surface area contributed by atoms with Crippen LogP contribution >= 0.6 is 0 Å². The molecule has 0 radical (unpaired) electrons. The first kappa shape index (κ1) is 19.0. The van der Waals surface area contributed by atoms with Gasteiger partial charge < -0.3 is 20.1 Å². The van der Waals surface area contributed by atoms with Gasteiger partial charge in [-0.05, 0) is 17.8 Å². The van der Waals surface area contributed by atoms with E-state index in [9.17, 15) is 28.3 Å². The number of nitrogens with zero attached hydrogens (tertiary/aromatic N) is 1. The molecule has 1 saturated carbocycles. The number of halogens is 2. The van der Waals surface area contributed by atoms with E-state index in [0.717, 1.165) is 4.90 Å². The lowest BCUT2D eigenvalue weighted by Crippen LogP contribution is -2.55. The fourth-order valence-electron chi connectivity index (χ4n) is 4.43. The number of carboxylic acids is 1. The average Bonchev–Trinajstić information content (AvgIpc) is 3.04. The number of hydrogen-bond donors (Lipinski definition) is 2. The van der Waals surface area contributed by atoms with Crippen LogP contribution in [0.15, 0.2) is 0 Å². The SMILES string of the molecule is CC1(C)[C@@H]2[C@@H](C(=O)O)N(C(=O)C(CC(F)F)NC(=O)[C@H]3CCOC3)C[C@@H]21. The van der Waals surface area contributed by atoms with Crippen LogP contribution in [0.3, 0.4) is 0 Å². The maximum Gasteiger partial charge on any atom is 0.326 e. The molecular weight excluding hydrogens is 350 g/mol. The van der Waals surface area contributed by atoms with Crippen molar-refractivity contribution in [1.29, 1.82) is 0 Å². The lowest BCUT2D eigenvalue weighted by Gasteiger charge is -2.31. The number of rotatable bonds is 6. The Balaban J connectivity index is 1.73. The van der Waals surface area contributed by atoms with E-state index in [0.29, 0.717) is 13.0 Å². The van der Waals surface area contributed by atoms with Gasteiger partial charge in [-0.2, -0.15) is 0 Å². The fraction of sp³-hybridized carbons (Fsp3) is 0.824. The van der Waals surface area contributed by atoms with Crippen molar-refractivity contribution >= 4 is 17.8 Å². The molecule has 0 bridgehead atoms. The van der Waals surface area contributed by atoms with Crippen LogP contribution in [0, 0.1) is 23.2 Å². The molecule has 146 valence electrons. The van der Waals surface area contributed by atoms with Crippen molar-refractivity contribution in [3.05, 3.63) is 0 Å². The lowest BCUT2D eigenvalue weighted by molar-refractivity contribution is -0.152.